The number of hydrogen-bond donors (Lipinski definition) is 1. The van der Waals surface area contributed by atoms with Crippen molar-refractivity contribution in [1.82, 2.24) is 0 Å². The van der Waals surface area contributed by atoms with Gasteiger partial charge in [0.1, 0.15) is 5.25 Å². The second kappa shape index (κ2) is 9.18. The monoisotopic (exact) mass is 274 g/mol. The molecule has 1 unspecified atom stereocenters. The van der Waals surface area contributed by atoms with E-state index >= 15 is 0 Å². The summed E-state index contributed by atoms with van der Waals surface area (Å²) in [4.78, 5) is 19.7. The van der Waals surface area contributed by atoms with Crippen LogP contribution in [0.4, 0.5) is 0 Å². The number of carbonyl (C=O) groups is 2. The largest absolute Gasteiger partial charge is 1.00 e. The number of carboxylic acids is 2. The SMILES string of the molecule is O=C([O-])CC(C(=O)[O-])S(=O)(=O)O.[K+].[K+]. The molecule has 14 heavy (non-hydrogen) atoms. The van der Waals surface area contributed by atoms with E-state index in [9.17, 15) is 28.2 Å². The van der Waals surface area contributed by atoms with Crippen LogP contribution in [0.25, 0.3) is 0 Å². The van der Waals surface area contributed by atoms with Gasteiger partial charge in [-0.3, -0.25) is 4.55 Å². The van der Waals surface area contributed by atoms with E-state index in [2.05, 4.69) is 0 Å². The summed E-state index contributed by atoms with van der Waals surface area (Å²) in [6.07, 6.45) is -1.33. The third-order valence-corrected chi connectivity index (χ3v) is 2.05. The predicted molar refractivity (Wildman–Crippen MR) is 30.0 cm³/mol. The first-order valence-corrected chi connectivity index (χ1v) is 4.12. The van der Waals surface area contributed by atoms with Crippen LogP contribution in [0.2, 0.25) is 0 Å². The number of aliphatic carboxylic acids is 2. The first kappa shape index (κ1) is 21.4. The van der Waals surface area contributed by atoms with Gasteiger partial charge in [0, 0.05) is 12.4 Å². The summed E-state index contributed by atoms with van der Waals surface area (Å²) in [6, 6.07) is 0. The topological polar surface area (TPSA) is 135 Å². The molecule has 1 atom stereocenters. The van der Waals surface area contributed by atoms with Gasteiger partial charge in [0.2, 0.25) is 0 Å². The molecule has 0 aromatic carbocycles. The second-order valence-electron chi connectivity index (χ2n) is 1.90. The summed E-state index contributed by atoms with van der Waals surface area (Å²) in [5.74, 6) is -4.08. The number of carboxylic acid groups (broad SMARTS) is 2. The zero-order chi connectivity index (χ0) is 9.94. The summed E-state index contributed by atoms with van der Waals surface area (Å²) >= 11 is 0. The first-order valence-electron chi connectivity index (χ1n) is 2.62. The summed E-state index contributed by atoms with van der Waals surface area (Å²) in [5.41, 5.74) is 0. The molecule has 0 spiro atoms. The summed E-state index contributed by atoms with van der Waals surface area (Å²) in [6.45, 7) is 0. The summed E-state index contributed by atoms with van der Waals surface area (Å²) in [5, 5.41) is 17.3. The molecule has 7 nitrogen and oxygen atoms in total. The van der Waals surface area contributed by atoms with Crippen molar-refractivity contribution in [2.24, 2.45) is 0 Å². The Labute approximate surface area is 165 Å². The van der Waals surface area contributed by atoms with E-state index in [1.807, 2.05) is 0 Å². The molecule has 0 fully saturated rings. The van der Waals surface area contributed by atoms with Crippen LogP contribution < -0.4 is 113 Å². The molecular weight excluding hydrogens is 270 g/mol. The Kier molecular flexibility index (Phi) is 14.0. The maximum atomic E-state index is 10.2. The van der Waals surface area contributed by atoms with Gasteiger partial charge in [0.15, 0.2) is 0 Å². The molecule has 0 aliphatic rings. The van der Waals surface area contributed by atoms with E-state index in [1.165, 1.54) is 0 Å². The van der Waals surface area contributed by atoms with Crippen molar-refractivity contribution in [1.29, 1.82) is 0 Å². The Morgan fingerprint density at radius 2 is 1.57 bits per heavy atom. The molecule has 0 bridgehead atoms. The Bertz CT molecular complexity index is 297. The molecule has 0 heterocycles. The van der Waals surface area contributed by atoms with Gasteiger partial charge in [0.25, 0.3) is 10.1 Å². The average molecular weight is 274 g/mol. The fourth-order valence-corrected chi connectivity index (χ4v) is 1.05. The predicted octanol–water partition coefficient (Wildman–Crippen LogP) is -9.86. The fourth-order valence-electron chi connectivity index (χ4n) is 0.462. The Balaban J connectivity index is -0.000000605. The van der Waals surface area contributed by atoms with Crippen molar-refractivity contribution in [3.8, 4) is 0 Å². The van der Waals surface area contributed by atoms with Crippen LogP contribution in [0.1, 0.15) is 6.42 Å². The number of hydrogen-bond acceptors (Lipinski definition) is 6. The summed E-state index contributed by atoms with van der Waals surface area (Å²) < 4.78 is 28.5. The third-order valence-electron chi connectivity index (χ3n) is 0.975. The fraction of sp³-hybridized carbons (Fsp3) is 0.500. The van der Waals surface area contributed by atoms with Gasteiger partial charge in [-0.25, -0.2) is 0 Å². The van der Waals surface area contributed by atoms with Crippen molar-refractivity contribution in [2.45, 2.75) is 11.7 Å². The van der Waals surface area contributed by atoms with Gasteiger partial charge in [-0.05, 0) is 0 Å². The quantitative estimate of drug-likeness (QED) is 0.397. The molecule has 0 aliphatic heterocycles. The van der Waals surface area contributed by atoms with Gasteiger partial charge in [0.05, 0.1) is 5.97 Å². The molecule has 0 saturated heterocycles. The minimum absolute atomic E-state index is 0. The molecule has 0 rings (SSSR count). The number of carbonyl (C=O) groups excluding carboxylic acids is 2. The molecule has 70 valence electrons. The van der Waals surface area contributed by atoms with Crippen LogP contribution >= 0.6 is 0 Å². The van der Waals surface area contributed by atoms with Crippen LogP contribution in [0.15, 0.2) is 0 Å². The van der Waals surface area contributed by atoms with Crippen molar-refractivity contribution < 1.29 is 136 Å². The van der Waals surface area contributed by atoms with Crippen LogP contribution in [0.3, 0.4) is 0 Å². The van der Waals surface area contributed by atoms with Crippen molar-refractivity contribution in [2.75, 3.05) is 0 Å². The van der Waals surface area contributed by atoms with Crippen LogP contribution in [-0.4, -0.2) is 30.2 Å². The Morgan fingerprint density at radius 1 is 1.21 bits per heavy atom. The zero-order valence-corrected chi connectivity index (χ0v) is 14.7. The van der Waals surface area contributed by atoms with E-state index in [0.29, 0.717) is 0 Å². The van der Waals surface area contributed by atoms with E-state index in [4.69, 9.17) is 4.55 Å². The van der Waals surface area contributed by atoms with Crippen LogP contribution in [0, 0.1) is 0 Å². The Morgan fingerprint density at radius 3 is 1.64 bits per heavy atom. The van der Waals surface area contributed by atoms with Crippen LogP contribution in [-0.2, 0) is 19.7 Å². The van der Waals surface area contributed by atoms with Crippen LogP contribution in [0.5, 0.6) is 0 Å². The Hall–Kier alpha value is 2.12. The molecule has 1 N–H and O–H groups in total. The van der Waals surface area contributed by atoms with Crippen molar-refractivity contribution in [3.63, 3.8) is 0 Å². The first-order chi connectivity index (χ1) is 5.25. The van der Waals surface area contributed by atoms with E-state index in [1.54, 1.807) is 0 Å². The molecule has 10 heteroatoms. The molecule has 0 saturated carbocycles. The molecular formula is C4H4K2O7S. The molecule has 0 radical (unpaired) electrons. The molecule has 0 amide bonds. The van der Waals surface area contributed by atoms with Gasteiger partial charge in [-0.1, -0.05) is 0 Å². The third kappa shape index (κ3) is 9.36. The average Bonchev–Trinajstić information content (AvgIpc) is 1.79. The molecule has 0 aromatic rings. The number of rotatable bonds is 4. The molecule has 0 aliphatic carbocycles. The van der Waals surface area contributed by atoms with Gasteiger partial charge in [-0.15, -0.1) is 0 Å². The normalized spacial score (nSPS) is 11.8. The maximum absolute atomic E-state index is 10.2. The van der Waals surface area contributed by atoms with Crippen molar-refractivity contribution >= 4 is 22.1 Å². The van der Waals surface area contributed by atoms with Crippen molar-refractivity contribution in [3.05, 3.63) is 0 Å². The van der Waals surface area contributed by atoms with E-state index in [0.717, 1.165) is 0 Å². The standard InChI is InChI=1S/C4H6O7S.2K/c5-3(6)1-2(4(7)8)12(9,10)11;;/h2H,1H2,(H,5,6)(H,7,8)(H,9,10,11);;/q;2*+1/p-2. The van der Waals surface area contributed by atoms with Gasteiger partial charge >= 0.3 is 103 Å². The second-order valence-corrected chi connectivity index (χ2v) is 3.50. The van der Waals surface area contributed by atoms with E-state index in [-0.39, 0.29) is 103 Å². The zero-order valence-electron chi connectivity index (χ0n) is 7.59. The summed E-state index contributed by atoms with van der Waals surface area (Å²) in [7, 11) is -4.94. The maximum Gasteiger partial charge on any atom is 1.00 e. The van der Waals surface area contributed by atoms with Gasteiger partial charge < -0.3 is 19.8 Å². The smallest absolute Gasteiger partial charge is 0.550 e. The van der Waals surface area contributed by atoms with E-state index < -0.39 is 33.7 Å². The molecule has 0 aromatic heterocycles. The van der Waals surface area contributed by atoms with Gasteiger partial charge in [-0.2, -0.15) is 8.42 Å². The minimum Gasteiger partial charge on any atom is -0.550 e. The minimum atomic E-state index is -4.94.